The van der Waals surface area contributed by atoms with Gasteiger partial charge in [0.15, 0.2) is 15.8 Å². The number of aromatic nitrogens is 1. The van der Waals surface area contributed by atoms with E-state index < -0.39 is 9.84 Å². The number of aryl methyl sites for hydroxylation is 1. The molecule has 0 aliphatic carbocycles. The molecule has 0 amide bonds. The molecule has 7 nitrogen and oxygen atoms in total. The van der Waals surface area contributed by atoms with Crippen LogP contribution in [0.2, 0.25) is 0 Å². The molecule has 0 aliphatic heterocycles. The summed E-state index contributed by atoms with van der Waals surface area (Å²) in [6.07, 6.45) is 2.92. The maximum Gasteiger partial charge on any atom is 0.213 e. The standard InChI is InChI=1S/C19H26N4O3S/c1-5-20-19(23-13-16-8-9-21-18(11-16)26-3)22-12-15-6-7-17(14(2)10-15)27(4,24)25/h6-11H,5,12-13H2,1-4H3,(H2,20,22,23). The van der Waals surface area contributed by atoms with Gasteiger partial charge in [0, 0.05) is 31.6 Å². The van der Waals surface area contributed by atoms with Crippen molar-refractivity contribution in [3.8, 4) is 5.88 Å². The largest absolute Gasteiger partial charge is 0.481 e. The molecule has 0 atom stereocenters. The molecule has 8 heteroatoms. The van der Waals surface area contributed by atoms with E-state index in [4.69, 9.17) is 4.74 Å². The number of sulfone groups is 1. The predicted octanol–water partition coefficient (Wildman–Crippen LogP) is 2.06. The van der Waals surface area contributed by atoms with Crippen LogP contribution in [0.25, 0.3) is 0 Å². The quantitative estimate of drug-likeness (QED) is 0.555. The van der Waals surface area contributed by atoms with Gasteiger partial charge in [0.1, 0.15) is 0 Å². The SMILES string of the molecule is CCNC(=NCc1ccc(S(C)(=O)=O)c(C)c1)NCc1ccnc(OC)c1. The minimum Gasteiger partial charge on any atom is -0.481 e. The average Bonchev–Trinajstić information content (AvgIpc) is 2.63. The second-order valence-corrected chi connectivity index (χ2v) is 8.11. The van der Waals surface area contributed by atoms with Crippen molar-refractivity contribution in [2.24, 2.45) is 4.99 Å². The number of hydrogen-bond acceptors (Lipinski definition) is 5. The Hall–Kier alpha value is -2.61. The van der Waals surface area contributed by atoms with Gasteiger partial charge in [0.2, 0.25) is 5.88 Å². The number of guanidine groups is 1. The summed E-state index contributed by atoms with van der Waals surface area (Å²) in [5, 5.41) is 6.47. The van der Waals surface area contributed by atoms with E-state index in [1.54, 1.807) is 32.4 Å². The van der Waals surface area contributed by atoms with Crippen LogP contribution >= 0.6 is 0 Å². The van der Waals surface area contributed by atoms with Crippen molar-refractivity contribution in [2.75, 3.05) is 19.9 Å². The molecule has 0 spiro atoms. The highest BCUT2D eigenvalue weighted by Crippen LogP contribution is 2.17. The third kappa shape index (κ3) is 6.25. The van der Waals surface area contributed by atoms with Crippen LogP contribution in [0.1, 0.15) is 23.6 Å². The molecule has 0 unspecified atom stereocenters. The van der Waals surface area contributed by atoms with Crippen molar-refractivity contribution in [2.45, 2.75) is 31.8 Å². The number of rotatable bonds is 7. The number of nitrogens with one attached hydrogen (secondary N) is 2. The summed E-state index contributed by atoms with van der Waals surface area (Å²) < 4.78 is 28.6. The Labute approximate surface area is 160 Å². The first-order valence-electron chi connectivity index (χ1n) is 8.64. The van der Waals surface area contributed by atoms with Gasteiger partial charge in [-0.05, 0) is 42.7 Å². The molecular formula is C19H26N4O3S. The molecule has 146 valence electrons. The second-order valence-electron chi connectivity index (χ2n) is 6.13. The lowest BCUT2D eigenvalue weighted by Crippen LogP contribution is -2.36. The Morgan fingerprint density at radius 1 is 1.19 bits per heavy atom. The monoisotopic (exact) mass is 390 g/mol. The summed E-state index contributed by atoms with van der Waals surface area (Å²) >= 11 is 0. The van der Waals surface area contributed by atoms with Crippen molar-refractivity contribution in [1.29, 1.82) is 0 Å². The summed E-state index contributed by atoms with van der Waals surface area (Å²) in [7, 11) is -1.63. The summed E-state index contributed by atoms with van der Waals surface area (Å²) in [4.78, 5) is 9.02. The van der Waals surface area contributed by atoms with Gasteiger partial charge >= 0.3 is 0 Å². The number of pyridine rings is 1. The lowest BCUT2D eigenvalue weighted by Gasteiger charge is -2.12. The van der Waals surface area contributed by atoms with Crippen molar-refractivity contribution in [3.63, 3.8) is 0 Å². The Morgan fingerprint density at radius 3 is 2.59 bits per heavy atom. The Bertz CT molecular complexity index is 911. The van der Waals surface area contributed by atoms with Gasteiger partial charge in [-0.2, -0.15) is 0 Å². The summed E-state index contributed by atoms with van der Waals surface area (Å²) in [6, 6.07) is 9.07. The summed E-state index contributed by atoms with van der Waals surface area (Å²) in [5.74, 6) is 1.25. The lowest BCUT2D eigenvalue weighted by molar-refractivity contribution is 0.397. The fraction of sp³-hybridized carbons (Fsp3) is 0.368. The first-order valence-corrected chi connectivity index (χ1v) is 10.5. The first kappa shape index (κ1) is 20.7. The predicted molar refractivity (Wildman–Crippen MR) is 107 cm³/mol. The van der Waals surface area contributed by atoms with Crippen molar-refractivity contribution in [1.82, 2.24) is 15.6 Å². The zero-order chi connectivity index (χ0) is 19.9. The third-order valence-electron chi connectivity index (χ3n) is 3.87. The molecule has 1 heterocycles. The van der Waals surface area contributed by atoms with Crippen LogP contribution in [0.4, 0.5) is 0 Å². The van der Waals surface area contributed by atoms with Crippen LogP contribution in [0.15, 0.2) is 46.4 Å². The minimum atomic E-state index is -3.21. The minimum absolute atomic E-state index is 0.354. The van der Waals surface area contributed by atoms with Gasteiger partial charge < -0.3 is 15.4 Å². The number of hydrogen-bond donors (Lipinski definition) is 2. The molecule has 0 radical (unpaired) electrons. The highest BCUT2D eigenvalue weighted by Gasteiger charge is 2.10. The van der Waals surface area contributed by atoms with E-state index >= 15 is 0 Å². The Morgan fingerprint density at radius 2 is 1.96 bits per heavy atom. The van der Waals surface area contributed by atoms with Crippen LogP contribution in [0.5, 0.6) is 5.88 Å². The van der Waals surface area contributed by atoms with E-state index in [0.717, 1.165) is 23.2 Å². The van der Waals surface area contributed by atoms with E-state index in [-0.39, 0.29) is 0 Å². The van der Waals surface area contributed by atoms with E-state index in [0.29, 0.717) is 29.8 Å². The number of benzene rings is 1. The fourth-order valence-corrected chi connectivity index (χ4v) is 3.55. The van der Waals surface area contributed by atoms with Crippen LogP contribution in [-0.2, 0) is 22.9 Å². The van der Waals surface area contributed by atoms with Crippen molar-refractivity contribution >= 4 is 15.8 Å². The molecule has 0 saturated heterocycles. The molecule has 1 aromatic carbocycles. The molecule has 1 aromatic heterocycles. The van der Waals surface area contributed by atoms with Crippen LogP contribution in [0.3, 0.4) is 0 Å². The topological polar surface area (TPSA) is 92.7 Å². The van der Waals surface area contributed by atoms with E-state index in [1.165, 1.54) is 6.26 Å². The number of aliphatic imine (C=N–C) groups is 1. The number of methoxy groups -OCH3 is 1. The summed E-state index contributed by atoms with van der Waals surface area (Å²) in [5.41, 5.74) is 2.70. The molecule has 2 N–H and O–H groups in total. The summed E-state index contributed by atoms with van der Waals surface area (Å²) in [6.45, 7) is 5.55. The normalized spacial score (nSPS) is 11.9. The number of ether oxygens (including phenoxy) is 1. The molecule has 0 aliphatic rings. The van der Waals surface area contributed by atoms with E-state index in [2.05, 4.69) is 20.6 Å². The number of nitrogens with zero attached hydrogens (tertiary/aromatic N) is 2. The smallest absolute Gasteiger partial charge is 0.213 e. The fourth-order valence-electron chi connectivity index (χ4n) is 2.60. The Kier molecular flexibility index (Phi) is 7.18. The Balaban J connectivity index is 2.07. The van der Waals surface area contributed by atoms with Crippen molar-refractivity contribution in [3.05, 3.63) is 53.2 Å². The molecular weight excluding hydrogens is 364 g/mol. The highest BCUT2D eigenvalue weighted by molar-refractivity contribution is 7.90. The van der Waals surface area contributed by atoms with E-state index in [9.17, 15) is 8.42 Å². The molecule has 0 fully saturated rings. The second kappa shape index (κ2) is 9.36. The van der Waals surface area contributed by atoms with Gasteiger partial charge in [-0.25, -0.2) is 18.4 Å². The van der Waals surface area contributed by atoms with Gasteiger partial charge in [-0.3, -0.25) is 0 Å². The molecule has 27 heavy (non-hydrogen) atoms. The van der Waals surface area contributed by atoms with Crippen LogP contribution in [-0.4, -0.2) is 39.3 Å². The maximum atomic E-state index is 11.7. The molecule has 2 aromatic rings. The molecule has 0 bridgehead atoms. The zero-order valence-electron chi connectivity index (χ0n) is 16.1. The van der Waals surface area contributed by atoms with E-state index in [1.807, 2.05) is 25.1 Å². The van der Waals surface area contributed by atoms with Gasteiger partial charge in [-0.15, -0.1) is 0 Å². The third-order valence-corrected chi connectivity index (χ3v) is 5.13. The van der Waals surface area contributed by atoms with Gasteiger partial charge in [0.25, 0.3) is 0 Å². The zero-order valence-corrected chi connectivity index (χ0v) is 16.9. The van der Waals surface area contributed by atoms with Gasteiger partial charge in [-0.1, -0.05) is 12.1 Å². The highest BCUT2D eigenvalue weighted by atomic mass is 32.2. The molecule has 2 rings (SSSR count). The van der Waals surface area contributed by atoms with Crippen molar-refractivity contribution < 1.29 is 13.2 Å². The van der Waals surface area contributed by atoms with Gasteiger partial charge in [0.05, 0.1) is 18.6 Å². The maximum absolute atomic E-state index is 11.7. The van der Waals surface area contributed by atoms with Crippen LogP contribution in [0, 0.1) is 6.92 Å². The first-order chi connectivity index (χ1) is 12.8. The average molecular weight is 391 g/mol. The lowest BCUT2D eigenvalue weighted by atomic mass is 10.1. The molecule has 0 saturated carbocycles. The van der Waals surface area contributed by atoms with Crippen LogP contribution < -0.4 is 15.4 Å².